The third kappa shape index (κ3) is 5.83. The predicted molar refractivity (Wildman–Crippen MR) is 134 cm³/mol. The van der Waals surface area contributed by atoms with Crippen LogP contribution in [0.1, 0.15) is 62.3 Å². The highest BCUT2D eigenvalue weighted by molar-refractivity contribution is 5.90. The molecule has 0 radical (unpaired) electrons. The van der Waals surface area contributed by atoms with Gasteiger partial charge in [0.25, 0.3) is 0 Å². The van der Waals surface area contributed by atoms with Gasteiger partial charge >= 0.3 is 0 Å². The van der Waals surface area contributed by atoms with E-state index >= 15 is 0 Å². The average Bonchev–Trinajstić information content (AvgIpc) is 2.78. The van der Waals surface area contributed by atoms with Gasteiger partial charge < -0.3 is 5.73 Å². The summed E-state index contributed by atoms with van der Waals surface area (Å²) in [7, 11) is 0. The van der Waals surface area contributed by atoms with E-state index < -0.39 is 0 Å². The monoisotopic (exact) mass is 399 g/mol. The maximum atomic E-state index is 6.23. The largest absolute Gasteiger partial charge is 0.330 e. The topological polar surface area (TPSA) is 26.0 Å². The Morgan fingerprint density at radius 1 is 0.900 bits per heavy atom. The van der Waals surface area contributed by atoms with Crippen molar-refractivity contribution in [2.45, 2.75) is 52.9 Å². The van der Waals surface area contributed by atoms with E-state index in [9.17, 15) is 0 Å². The summed E-state index contributed by atoms with van der Waals surface area (Å²) in [6, 6.07) is 22.2. The minimum Gasteiger partial charge on any atom is -0.330 e. The van der Waals surface area contributed by atoms with Crippen LogP contribution in [0.5, 0.6) is 0 Å². The van der Waals surface area contributed by atoms with Crippen LogP contribution >= 0.6 is 0 Å². The fourth-order valence-electron chi connectivity index (χ4n) is 4.52. The van der Waals surface area contributed by atoms with Crippen LogP contribution < -0.4 is 5.73 Å². The van der Waals surface area contributed by atoms with Crippen molar-refractivity contribution < 1.29 is 0 Å². The van der Waals surface area contributed by atoms with Crippen molar-refractivity contribution in [3.8, 4) is 0 Å². The Morgan fingerprint density at radius 2 is 1.67 bits per heavy atom. The number of nitrogens with two attached hydrogens (primary N) is 1. The molecule has 0 aliphatic rings. The Bertz CT molecular complexity index is 952. The van der Waals surface area contributed by atoms with Crippen LogP contribution in [-0.4, -0.2) is 6.54 Å². The number of aryl methyl sites for hydroxylation is 1. The van der Waals surface area contributed by atoms with Gasteiger partial charge in [0.2, 0.25) is 0 Å². The van der Waals surface area contributed by atoms with Gasteiger partial charge in [0.05, 0.1) is 0 Å². The van der Waals surface area contributed by atoms with Crippen LogP contribution in [-0.2, 0) is 12.8 Å². The first-order valence-electron chi connectivity index (χ1n) is 11.6. The summed E-state index contributed by atoms with van der Waals surface area (Å²) in [5.41, 5.74) is 11.6. The van der Waals surface area contributed by atoms with Crippen molar-refractivity contribution in [3.05, 3.63) is 82.9 Å². The SMILES string of the molecule is CCCC(C)CC(CN)Cc1c(/C=C/c2ccc(CC)cc2)ccc2ccccc12. The fourth-order valence-corrected chi connectivity index (χ4v) is 4.52. The molecule has 0 fully saturated rings. The van der Waals surface area contributed by atoms with E-state index in [1.807, 2.05) is 0 Å². The quantitative estimate of drug-likeness (QED) is 0.351. The van der Waals surface area contributed by atoms with Crippen LogP contribution in [0.25, 0.3) is 22.9 Å². The number of rotatable bonds is 10. The van der Waals surface area contributed by atoms with Gasteiger partial charge in [0.1, 0.15) is 0 Å². The molecule has 3 aromatic carbocycles. The summed E-state index contributed by atoms with van der Waals surface area (Å²) in [6.07, 6.45) is 10.4. The van der Waals surface area contributed by atoms with Crippen molar-refractivity contribution in [3.63, 3.8) is 0 Å². The molecule has 1 heteroatoms. The van der Waals surface area contributed by atoms with Crippen molar-refractivity contribution in [1.82, 2.24) is 0 Å². The Kier molecular flexibility index (Phi) is 8.28. The van der Waals surface area contributed by atoms with Gasteiger partial charge in [-0.3, -0.25) is 0 Å². The molecule has 2 unspecified atom stereocenters. The number of hydrogen-bond donors (Lipinski definition) is 1. The zero-order valence-corrected chi connectivity index (χ0v) is 18.9. The summed E-state index contributed by atoms with van der Waals surface area (Å²) >= 11 is 0. The van der Waals surface area contributed by atoms with Gasteiger partial charge in [-0.25, -0.2) is 0 Å². The molecule has 0 aromatic heterocycles. The molecule has 0 heterocycles. The standard InChI is InChI=1S/C29H37N/c1-4-8-22(3)19-25(21-30)20-29-27(18-17-26-9-6-7-10-28(26)29)16-15-24-13-11-23(5-2)12-14-24/h6-7,9-18,22,25H,4-5,8,19-21,30H2,1-3H3/b16-15+. The van der Waals surface area contributed by atoms with Crippen molar-refractivity contribution in [1.29, 1.82) is 0 Å². The molecule has 0 amide bonds. The molecule has 158 valence electrons. The summed E-state index contributed by atoms with van der Waals surface area (Å²) in [4.78, 5) is 0. The smallest absolute Gasteiger partial charge is 0.00456 e. The molecule has 0 saturated heterocycles. The summed E-state index contributed by atoms with van der Waals surface area (Å²) in [5, 5.41) is 2.68. The zero-order valence-electron chi connectivity index (χ0n) is 18.9. The molecule has 1 nitrogen and oxygen atoms in total. The highest BCUT2D eigenvalue weighted by Crippen LogP contribution is 2.29. The molecule has 0 saturated carbocycles. The summed E-state index contributed by atoms with van der Waals surface area (Å²) < 4.78 is 0. The third-order valence-electron chi connectivity index (χ3n) is 6.26. The molecule has 30 heavy (non-hydrogen) atoms. The highest BCUT2D eigenvalue weighted by atomic mass is 14.5. The third-order valence-corrected chi connectivity index (χ3v) is 6.26. The van der Waals surface area contributed by atoms with E-state index in [0.29, 0.717) is 5.92 Å². The molecule has 2 N–H and O–H groups in total. The average molecular weight is 400 g/mol. The molecule has 0 aliphatic heterocycles. The molecular weight excluding hydrogens is 362 g/mol. The van der Waals surface area contributed by atoms with E-state index in [1.165, 1.54) is 52.3 Å². The number of hydrogen-bond acceptors (Lipinski definition) is 1. The lowest BCUT2D eigenvalue weighted by Gasteiger charge is -2.21. The van der Waals surface area contributed by atoms with Crippen LogP contribution in [0, 0.1) is 11.8 Å². The predicted octanol–water partition coefficient (Wildman–Crippen LogP) is 7.52. The molecule has 3 rings (SSSR count). The van der Waals surface area contributed by atoms with Gasteiger partial charge in [0.15, 0.2) is 0 Å². The van der Waals surface area contributed by atoms with Crippen LogP contribution in [0.15, 0.2) is 60.7 Å². The van der Waals surface area contributed by atoms with Crippen molar-refractivity contribution in [2.24, 2.45) is 17.6 Å². The Morgan fingerprint density at radius 3 is 2.37 bits per heavy atom. The first kappa shape index (κ1) is 22.3. The van der Waals surface area contributed by atoms with Crippen molar-refractivity contribution >= 4 is 22.9 Å². The number of benzene rings is 3. The Labute approximate surface area is 183 Å². The number of fused-ring (bicyclic) bond motifs is 1. The van der Waals surface area contributed by atoms with Gasteiger partial charge in [-0.15, -0.1) is 0 Å². The molecule has 0 aliphatic carbocycles. The van der Waals surface area contributed by atoms with Gasteiger partial charge in [-0.1, -0.05) is 106 Å². The zero-order chi connectivity index (χ0) is 21.3. The Balaban J connectivity index is 1.92. The molecular formula is C29H37N. The first-order chi connectivity index (χ1) is 14.6. The van der Waals surface area contributed by atoms with E-state index in [1.54, 1.807) is 0 Å². The lowest BCUT2D eigenvalue weighted by molar-refractivity contribution is 0.375. The molecule has 2 atom stereocenters. The lowest BCUT2D eigenvalue weighted by Crippen LogP contribution is -2.20. The maximum absolute atomic E-state index is 6.23. The first-order valence-corrected chi connectivity index (χ1v) is 11.6. The summed E-state index contributed by atoms with van der Waals surface area (Å²) in [6.45, 7) is 7.59. The van der Waals surface area contributed by atoms with E-state index in [0.717, 1.165) is 25.3 Å². The van der Waals surface area contributed by atoms with Crippen molar-refractivity contribution in [2.75, 3.05) is 6.54 Å². The van der Waals surface area contributed by atoms with Gasteiger partial charge in [-0.05, 0) is 70.7 Å². The normalized spacial score (nSPS) is 13.7. The van der Waals surface area contributed by atoms with Crippen LogP contribution in [0.4, 0.5) is 0 Å². The van der Waals surface area contributed by atoms with E-state index in [4.69, 9.17) is 5.73 Å². The molecule has 3 aromatic rings. The minimum absolute atomic E-state index is 0.522. The second kappa shape index (κ2) is 11.1. The van der Waals surface area contributed by atoms with E-state index in [-0.39, 0.29) is 0 Å². The van der Waals surface area contributed by atoms with Gasteiger partial charge in [0, 0.05) is 0 Å². The van der Waals surface area contributed by atoms with Gasteiger partial charge in [-0.2, -0.15) is 0 Å². The molecule has 0 bridgehead atoms. The maximum Gasteiger partial charge on any atom is -0.00456 e. The minimum atomic E-state index is 0.522. The van der Waals surface area contributed by atoms with E-state index in [2.05, 4.69) is 93.6 Å². The summed E-state index contributed by atoms with van der Waals surface area (Å²) in [5.74, 6) is 1.25. The Hall–Kier alpha value is -2.38. The fraction of sp³-hybridized carbons (Fsp3) is 0.379. The second-order valence-corrected chi connectivity index (χ2v) is 8.72. The van der Waals surface area contributed by atoms with Crippen LogP contribution in [0.3, 0.4) is 0 Å². The lowest BCUT2D eigenvalue weighted by atomic mass is 9.85. The highest BCUT2D eigenvalue weighted by Gasteiger charge is 2.16. The molecule has 0 spiro atoms. The second-order valence-electron chi connectivity index (χ2n) is 8.72. The van der Waals surface area contributed by atoms with Crippen LogP contribution in [0.2, 0.25) is 0 Å².